The zero-order valence-electron chi connectivity index (χ0n) is 11.9. The van der Waals surface area contributed by atoms with Crippen LogP contribution in [0.1, 0.15) is 65.2 Å². The molecule has 1 fully saturated rings. The van der Waals surface area contributed by atoms with Crippen molar-refractivity contribution in [2.45, 2.75) is 71.3 Å². The number of aliphatic imine (C=N–C) groups is 2. The van der Waals surface area contributed by atoms with Crippen molar-refractivity contribution in [3.8, 4) is 0 Å². The number of nitrogens with two attached hydrogens (primary N) is 2. The lowest BCUT2D eigenvalue weighted by atomic mass is 9.96. The van der Waals surface area contributed by atoms with Crippen LogP contribution in [0.25, 0.3) is 0 Å². The Balaban J connectivity index is 2.58. The summed E-state index contributed by atoms with van der Waals surface area (Å²) in [6.45, 7) is 4.30. The van der Waals surface area contributed by atoms with Crippen LogP contribution in [-0.4, -0.2) is 17.8 Å². The molecule has 1 unspecified atom stereocenters. The van der Waals surface area contributed by atoms with E-state index in [4.69, 9.17) is 11.5 Å². The van der Waals surface area contributed by atoms with Gasteiger partial charge < -0.3 is 11.5 Å². The van der Waals surface area contributed by atoms with E-state index in [1.807, 2.05) is 0 Å². The van der Waals surface area contributed by atoms with Gasteiger partial charge >= 0.3 is 0 Å². The molecule has 1 aliphatic rings. The SMILES string of the molecule is CCCC(CC)C(N)=NC(N)=NC1CCCCC1. The van der Waals surface area contributed by atoms with Crippen molar-refractivity contribution in [1.29, 1.82) is 0 Å². The fourth-order valence-corrected chi connectivity index (χ4v) is 2.56. The smallest absolute Gasteiger partial charge is 0.217 e. The molecule has 0 spiro atoms. The van der Waals surface area contributed by atoms with Gasteiger partial charge in [-0.25, -0.2) is 9.98 Å². The van der Waals surface area contributed by atoms with Crippen molar-refractivity contribution in [3.05, 3.63) is 0 Å². The molecule has 0 amide bonds. The van der Waals surface area contributed by atoms with Gasteiger partial charge in [-0.15, -0.1) is 0 Å². The number of guanidine groups is 1. The Kier molecular flexibility index (Phi) is 6.76. The third kappa shape index (κ3) is 5.07. The summed E-state index contributed by atoms with van der Waals surface area (Å²) in [6.07, 6.45) is 9.33. The fourth-order valence-electron chi connectivity index (χ4n) is 2.56. The van der Waals surface area contributed by atoms with Crippen LogP contribution in [-0.2, 0) is 0 Å². The van der Waals surface area contributed by atoms with Crippen LogP contribution in [0.2, 0.25) is 0 Å². The molecule has 0 radical (unpaired) electrons. The number of amidine groups is 1. The minimum Gasteiger partial charge on any atom is -0.387 e. The van der Waals surface area contributed by atoms with Crippen LogP contribution in [0.5, 0.6) is 0 Å². The van der Waals surface area contributed by atoms with Gasteiger partial charge in [0.2, 0.25) is 5.96 Å². The predicted octanol–water partition coefficient (Wildman–Crippen LogP) is 2.82. The molecule has 0 aromatic carbocycles. The zero-order chi connectivity index (χ0) is 13.4. The van der Waals surface area contributed by atoms with Crippen molar-refractivity contribution in [1.82, 2.24) is 0 Å². The summed E-state index contributed by atoms with van der Waals surface area (Å²) >= 11 is 0. The highest BCUT2D eigenvalue weighted by molar-refractivity contribution is 5.95. The van der Waals surface area contributed by atoms with E-state index in [2.05, 4.69) is 23.8 Å². The average Bonchev–Trinajstić information content (AvgIpc) is 2.36. The molecule has 1 rings (SSSR count). The van der Waals surface area contributed by atoms with Gasteiger partial charge in [-0.05, 0) is 25.7 Å². The normalized spacial score (nSPS) is 21.0. The second kappa shape index (κ2) is 8.11. The van der Waals surface area contributed by atoms with Gasteiger partial charge in [-0.1, -0.05) is 39.5 Å². The Labute approximate surface area is 111 Å². The summed E-state index contributed by atoms with van der Waals surface area (Å²) in [6, 6.07) is 0.363. The largest absolute Gasteiger partial charge is 0.387 e. The maximum Gasteiger partial charge on any atom is 0.217 e. The van der Waals surface area contributed by atoms with Crippen LogP contribution in [0, 0.1) is 5.92 Å². The molecule has 0 aromatic rings. The summed E-state index contributed by atoms with van der Waals surface area (Å²) in [4.78, 5) is 8.76. The molecular formula is C14H28N4. The molecule has 1 aliphatic carbocycles. The lowest BCUT2D eigenvalue weighted by molar-refractivity contribution is 0.443. The zero-order valence-corrected chi connectivity index (χ0v) is 11.9. The van der Waals surface area contributed by atoms with Gasteiger partial charge in [0.1, 0.15) is 5.84 Å². The molecule has 18 heavy (non-hydrogen) atoms. The van der Waals surface area contributed by atoms with E-state index in [-0.39, 0.29) is 0 Å². The average molecular weight is 252 g/mol. The minimum atomic E-state index is 0.343. The van der Waals surface area contributed by atoms with Crippen LogP contribution < -0.4 is 11.5 Å². The van der Waals surface area contributed by atoms with Crippen LogP contribution in [0.15, 0.2) is 9.98 Å². The van der Waals surface area contributed by atoms with E-state index in [0.717, 1.165) is 32.1 Å². The Morgan fingerprint density at radius 3 is 2.39 bits per heavy atom. The summed E-state index contributed by atoms with van der Waals surface area (Å²) in [5, 5.41) is 0. The highest BCUT2D eigenvalue weighted by atomic mass is 15.1. The predicted molar refractivity (Wildman–Crippen MR) is 78.8 cm³/mol. The molecule has 0 heterocycles. The fraction of sp³-hybridized carbons (Fsp3) is 0.857. The Hall–Kier alpha value is -1.06. The van der Waals surface area contributed by atoms with E-state index in [0.29, 0.717) is 23.8 Å². The second-order valence-corrected chi connectivity index (χ2v) is 5.21. The monoisotopic (exact) mass is 252 g/mol. The number of rotatable bonds is 5. The van der Waals surface area contributed by atoms with Gasteiger partial charge in [-0.2, -0.15) is 0 Å². The molecule has 0 bridgehead atoms. The highest BCUT2D eigenvalue weighted by Crippen LogP contribution is 2.20. The first-order valence-corrected chi connectivity index (χ1v) is 7.34. The third-order valence-electron chi connectivity index (χ3n) is 3.68. The standard InChI is InChI=1S/C14H28N4/c1-3-8-11(4-2)13(15)18-14(16)17-12-9-6-5-7-10-12/h11-12H,3-10H2,1-2H3,(H4,15,16,17,18). The molecule has 1 atom stereocenters. The summed E-state index contributed by atoms with van der Waals surface area (Å²) in [5.74, 6) is 1.36. The topological polar surface area (TPSA) is 76.8 Å². The first-order valence-electron chi connectivity index (χ1n) is 7.34. The molecule has 4 heteroatoms. The van der Waals surface area contributed by atoms with E-state index >= 15 is 0 Å². The lowest BCUT2D eigenvalue weighted by Gasteiger charge is -2.18. The minimum absolute atomic E-state index is 0.343. The van der Waals surface area contributed by atoms with E-state index in [1.54, 1.807) is 0 Å². The quantitative estimate of drug-likeness (QED) is 0.583. The number of hydrogen-bond donors (Lipinski definition) is 2. The summed E-state index contributed by atoms with van der Waals surface area (Å²) < 4.78 is 0. The van der Waals surface area contributed by atoms with Gasteiger partial charge in [0.15, 0.2) is 0 Å². The summed E-state index contributed by atoms with van der Waals surface area (Å²) in [7, 11) is 0. The Bertz CT molecular complexity index is 290. The lowest BCUT2D eigenvalue weighted by Crippen LogP contribution is -2.27. The molecule has 0 aromatic heterocycles. The summed E-state index contributed by atoms with van der Waals surface area (Å²) in [5.41, 5.74) is 11.9. The van der Waals surface area contributed by atoms with Gasteiger partial charge in [-0.3, -0.25) is 0 Å². The van der Waals surface area contributed by atoms with E-state index < -0.39 is 0 Å². The highest BCUT2D eigenvalue weighted by Gasteiger charge is 2.13. The molecular weight excluding hydrogens is 224 g/mol. The van der Waals surface area contributed by atoms with Gasteiger partial charge in [0.05, 0.1) is 6.04 Å². The van der Waals surface area contributed by atoms with Crippen molar-refractivity contribution in [2.75, 3.05) is 0 Å². The van der Waals surface area contributed by atoms with Crippen molar-refractivity contribution < 1.29 is 0 Å². The molecule has 1 saturated carbocycles. The first-order chi connectivity index (χ1) is 8.67. The first kappa shape index (κ1) is 15.0. The van der Waals surface area contributed by atoms with Crippen LogP contribution in [0.4, 0.5) is 0 Å². The molecule has 4 nitrogen and oxygen atoms in total. The molecule has 0 saturated heterocycles. The van der Waals surface area contributed by atoms with E-state index in [9.17, 15) is 0 Å². The van der Waals surface area contributed by atoms with Crippen molar-refractivity contribution in [2.24, 2.45) is 27.4 Å². The van der Waals surface area contributed by atoms with Gasteiger partial charge in [0, 0.05) is 5.92 Å². The van der Waals surface area contributed by atoms with Crippen LogP contribution in [0.3, 0.4) is 0 Å². The maximum absolute atomic E-state index is 6.01. The second-order valence-electron chi connectivity index (χ2n) is 5.21. The van der Waals surface area contributed by atoms with Crippen molar-refractivity contribution in [3.63, 3.8) is 0 Å². The Morgan fingerprint density at radius 2 is 1.83 bits per heavy atom. The molecule has 4 N–H and O–H groups in total. The third-order valence-corrected chi connectivity index (χ3v) is 3.68. The number of hydrogen-bond acceptors (Lipinski definition) is 1. The van der Waals surface area contributed by atoms with E-state index in [1.165, 1.54) is 19.3 Å². The van der Waals surface area contributed by atoms with Crippen molar-refractivity contribution >= 4 is 11.8 Å². The Morgan fingerprint density at radius 1 is 1.17 bits per heavy atom. The maximum atomic E-state index is 6.01. The van der Waals surface area contributed by atoms with Crippen LogP contribution >= 0.6 is 0 Å². The van der Waals surface area contributed by atoms with Gasteiger partial charge in [0.25, 0.3) is 0 Å². The molecule has 0 aliphatic heterocycles. The molecule has 104 valence electrons. The number of nitrogens with zero attached hydrogens (tertiary/aromatic N) is 2.